The van der Waals surface area contributed by atoms with Gasteiger partial charge in [0.25, 0.3) is 0 Å². The summed E-state index contributed by atoms with van der Waals surface area (Å²) < 4.78 is 0. The Morgan fingerprint density at radius 3 is 2.32 bits per heavy atom. The molecule has 0 N–H and O–H groups in total. The quantitative estimate of drug-likeness (QED) is 0.855. The van der Waals surface area contributed by atoms with Gasteiger partial charge in [0.1, 0.15) is 5.92 Å². The van der Waals surface area contributed by atoms with Gasteiger partial charge in [-0.15, -0.1) is 0 Å². The first-order valence-electron chi connectivity index (χ1n) is 7.80. The summed E-state index contributed by atoms with van der Waals surface area (Å²) in [6.45, 7) is 0. The molecule has 0 amide bonds. The number of nitriles is 1. The van der Waals surface area contributed by atoms with Crippen molar-refractivity contribution in [2.45, 2.75) is 31.1 Å². The zero-order valence-electron chi connectivity index (χ0n) is 12.5. The maximum atomic E-state index is 13.1. The Bertz CT molecular complexity index is 687. The average Bonchev–Trinajstić information content (AvgIpc) is 2.58. The number of benzene rings is 2. The van der Waals surface area contributed by atoms with Gasteiger partial charge in [-0.1, -0.05) is 67.1 Å². The molecule has 2 atom stereocenters. The van der Waals surface area contributed by atoms with E-state index in [4.69, 9.17) is 0 Å². The second-order valence-corrected chi connectivity index (χ2v) is 6.05. The van der Waals surface area contributed by atoms with Crippen LogP contribution in [-0.2, 0) is 16.6 Å². The monoisotopic (exact) mass is 289 g/mol. The van der Waals surface area contributed by atoms with Crippen molar-refractivity contribution >= 4 is 5.78 Å². The Balaban J connectivity index is 2.06. The summed E-state index contributed by atoms with van der Waals surface area (Å²) in [4.78, 5) is 13.1. The summed E-state index contributed by atoms with van der Waals surface area (Å²) in [5, 5.41) is 9.34. The lowest BCUT2D eigenvalue weighted by Gasteiger charge is -2.38. The Morgan fingerprint density at radius 2 is 1.68 bits per heavy atom. The van der Waals surface area contributed by atoms with Crippen LogP contribution in [0.2, 0.25) is 0 Å². The molecule has 1 saturated carbocycles. The molecule has 2 aromatic rings. The molecular formula is C20H19NO. The predicted octanol–water partition coefficient (Wildman–Crippen LogP) is 4.06. The van der Waals surface area contributed by atoms with Crippen molar-refractivity contribution in [3.05, 3.63) is 71.8 Å². The molecule has 2 heteroatoms. The fourth-order valence-corrected chi connectivity index (χ4v) is 3.58. The van der Waals surface area contributed by atoms with Crippen LogP contribution in [-0.4, -0.2) is 5.78 Å². The number of carbonyl (C=O) groups is 1. The van der Waals surface area contributed by atoms with Gasteiger partial charge in [-0.2, -0.15) is 5.26 Å². The average molecular weight is 289 g/mol. The van der Waals surface area contributed by atoms with Gasteiger partial charge >= 0.3 is 0 Å². The number of carbonyl (C=O) groups excluding carboxylic acids is 1. The number of hydrogen-bond donors (Lipinski definition) is 0. The molecule has 110 valence electrons. The van der Waals surface area contributed by atoms with Crippen molar-refractivity contribution in [3.8, 4) is 6.07 Å². The third-order valence-electron chi connectivity index (χ3n) is 4.72. The highest BCUT2D eigenvalue weighted by Crippen LogP contribution is 2.41. The predicted molar refractivity (Wildman–Crippen MR) is 86.2 cm³/mol. The van der Waals surface area contributed by atoms with E-state index in [0.29, 0.717) is 12.8 Å². The topological polar surface area (TPSA) is 40.9 Å². The molecule has 2 unspecified atom stereocenters. The van der Waals surface area contributed by atoms with Gasteiger partial charge in [-0.25, -0.2) is 0 Å². The Labute approximate surface area is 131 Å². The van der Waals surface area contributed by atoms with E-state index >= 15 is 0 Å². The lowest BCUT2D eigenvalue weighted by atomic mass is 9.62. The zero-order chi connectivity index (χ0) is 15.4. The van der Waals surface area contributed by atoms with E-state index in [9.17, 15) is 10.1 Å². The molecule has 0 saturated heterocycles. The molecule has 0 bridgehead atoms. The highest BCUT2D eigenvalue weighted by molar-refractivity contribution is 5.94. The van der Waals surface area contributed by atoms with Gasteiger partial charge < -0.3 is 0 Å². The van der Waals surface area contributed by atoms with Crippen LogP contribution in [0.1, 0.15) is 30.4 Å². The van der Waals surface area contributed by atoms with Crippen LogP contribution >= 0.6 is 0 Å². The lowest BCUT2D eigenvalue weighted by Crippen LogP contribution is -2.45. The van der Waals surface area contributed by atoms with Gasteiger partial charge in [0.15, 0.2) is 5.78 Å². The third kappa shape index (κ3) is 2.55. The molecule has 22 heavy (non-hydrogen) atoms. The van der Waals surface area contributed by atoms with Crippen LogP contribution in [0.4, 0.5) is 0 Å². The number of ketones is 1. The standard InChI is InChI=1S/C20H19NO/c21-15-17-10-7-13-20(19(17)22,18-11-5-2-6-12-18)14-16-8-3-1-4-9-16/h1-6,8-9,11-12,17H,7,10,13-14H2. The highest BCUT2D eigenvalue weighted by atomic mass is 16.1. The lowest BCUT2D eigenvalue weighted by molar-refractivity contribution is -0.129. The summed E-state index contributed by atoms with van der Waals surface area (Å²) in [5.41, 5.74) is 1.64. The van der Waals surface area contributed by atoms with Crippen molar-refractivity contribution in [2.24, 2.45) is 5.92 Å². The van der Waals surface area contributed by atoms with Crippen LogP contribution < -0.4 is 0 Å². The van der Waals surface area contributed by atoms with Crippen LogP contribution in [0.3, 0.4) is 0 Å². The summed E-state index contributed by atoms with van der Waals surface area (Å²) >= 11 is 0. The van der Waals surface area contributed by atoms with Crippen LogP contribution in [0.5, 0.6) is 0 Å². The second kappa shape index (κ2) is 6.15. The van der Waals surface area contributed by atoms with Gasteiger partial charge in [0, 0.05) is 0 Å². The highest BCUT2D eigenvalue weighted by Gasteiger charge is 2.45. The normalized spacial score (nSPS) is 24.7. The first kappa shape index (κ1) is 14.5. The minimum Gasteiger partial charge on any atom is -0.297 e. The molecule has 0 aromatic heterocycles. The number of Topliss-reactive ketones (excluding diaryl/α,β-unsaturated/α-hetero) is 1. The van der Waals surface area contributed by atoms with E-state index in [-0.39, 0.29) is 5.78 Å². The third-order valence-corrected chi connectivity index (χ3v) is 4.72. The van der Waals surface area contributed by atoms with E-state index in [1.54, 1.807) is 0 Å². The largest absolute Gasteiger partial charge is 0.297 e. The molecule has 1 aliphatic carbocycles. The molecule has 0 aliphatic heterocycles. The van der Waals surface area contributed by atoms with E-state index in [1.807, 2.05) is 48.5 Å². The molecule has 3 rings (SSSR count). The zero-order valence-corrected chi connectivity index (χ0v) is 12.5. The summed E-state index contributed by atoms with van der Waals surface area (Å²) in [6, 6.07) is 22.3. The maximum absolute atomic E-state index is 13.1. The van der Waals surface area contributed by atoms with Crippen molar-refractivity contribution in [1.82, 2.24) is 0 Å². The molecule has 0 radical (unpaired) electrons. The second-order valence-electron chi connectivity index (χ2n) is 6.05. The Kier molecular flexibility index (Phi) is 4.06. The van der Waals surface area contributed by atoms with Crippen molar-refractivity contribution in [1.29, 1.82) is 5.26 Å². The number of nitrogens with zero attached hydrogens (tertiary/aromatic N) is 1. The van der Waals surface area contributed by atoms with Gasteiger partial charge in [0.2, 0.25) is 0 Å². The Morgan fingerprint density at radius 1 is 1.05 bits per heavy atom. The maximum Gasteiger partial charge on any atom is 0.160 e. The summed E-state index contributed by atoms with van der Waals surface area (Å²) in [7, 11) is 0. The first-order chi connectivity index (χ1) is 10.8. The van der Waals surface area contributed by atoms with Crippen molar-refractivity contribution in [2.75, 3.05) is 0 Å². The van der Waals surface area contributed by atoms with E-state index in [0.717, 1.165) is 24.0 Å². The fourth-order valence-electron chi connectivity index (χ4n) is 3.58. The molecule has 1 fully saturated rings. The van der Waals surface area contributed by atoms with Gasteiger partial charge in [-0.05, 0) is 30.4 Å². The van der Waals surface area contributed by atoms with Gasteiger partial charge in [-0.3, -0.25) is 4.79 Å². The van der Waals surface area contributed by atoms with Crippen LogP contribution in [0.15, 0.2) is 60.7 Å². The number of hydrogen-bond acceptors (Lipinski definition) is 2. The molecule has 1 aliphatic rings. The van der Waals surface area contributed by atoms with E-state index in [1.165, 1.54) is 0 Å². The fraction of sp³-hybridized carbons (Fsp3) is 0.300. The minimum absolute atomic E-state index is 0.0938. The van der Waals surface area contributed by atoms with Crippen molar-refractivity contribution in [3.63, 3.8) is 0 Å². The van der Waals surface area contributed by atoms with Crippen LogP contribution in [0.25, 0.3) is 0 Å². The molecule has 0 spiro atoms. The van der Waals surface area contributed by atoms with E-state index < -0.39 is 11.3 Å². The molecule has 2 nitrogen and oxygen atoms in total. The first-order valence-corrected chi connectivity index (χ1v) is 7.80. The SMILES string of the molecule is N#CC1CCCC(Cc2ccccc2)(c2ccccc2)C1=O. The van der Waals surface area contributed by atoms with Gasteiger partial charge in [0.05, 0.1) is 11.5 Å². The minimum atomic E-state index is -0.554. The Hall–Kier alpha value is -2.40. The summed E-state index contributed by atoms with van der Waals surface area (Å²) in [6.07, 6.45) is 3.11. The smallest absolute Gasteiger partial charge is 0.160 e. The summed E-state index contributed by atoms with van der Waals surface area (Å²) in [5.74, 6) is -0.381. The van der Waals surface area contributed by atoms with E-state index in [2.05, 4.69) is 18.2 Å². The number of rotatable bonds is 3. The van der Waals surface area contributed by atoms with Crippen LogP contribution in [0, 0.1) is 17.2 Å². The molecular weight excluding hydrogens is 270 g/mol. The molecule has 2 aromatic carbocycles. The molecule has 0 heterocycles. The van der Waals surface area contributed by atoms with Crippen molar-refractivity contribution < 1.29 is 4.79 Å².